The largest absolute Gasteiger partial charge is 0.0836 e. The minimum Gasteiger partial charge on any atom is -0.0836 e. The van der Waals surface area contributed by atoms with Crippen molar-refractivity contribution in [2.45, 2.75) is 0 Å². The molecule has 6 heteroatoms. The molecule has 110 valence electrons. The maximum absolute atomic E-state index is 6.42. The summed E-state index contributed by atoms with van der Waals surface area (Å²) in [6, 6.07) is 6.91. The lowest BCUT2D eigenvalue weighted by Crippen LogP contribution is -1.89. The molecule has 0 saturated carbocycles. The summed E-state index contributed by atoms with van der Waals surface area (Å²) in [6.07, 6.45) is 0. The zero-order valence-electron chi connectivity index (χ0n) is 10.6. The minimum atomic E-state index is 0.462. The third-order valence-electron chi connectivity index (χ3n) is 3.81. The highest BCUT2D eigenvalue weighted by atomic mass is 35.5. The van der Waals surface area contributed by atoms with Crippen LogP contribution in [0, 0.1) is 0 Å². The van der Waals surface area contributed by atoms with E-state index in [1.54, 1.807) is 24.3 Å². The number of rotatable bonds is 0. The van der Waals surface area contributed by atoms with Crippen LogP contribution in [-0.4, -0.2) is 0 Å². The van der Waals surface area contributed by atoms with Crippen LogP contribution in [0.4, 0.5) is 0 Å². The summed E-state index contributed by atoms with van der Waals surface area (Å²) >= 11 is 38.2. The van der Waals surface area contributed by atoms with Gasteiger partial charge in [-0.25, -0.2) is 0 Å². The first-order valence-electron chi connectivity index (χ1n) is 6.19. The Kier molecular flexibility index (Phi) is 3.51. The van der Waals surface area contributed by atoms with Gasteiger partial charge in [-0.3, -0.25) is 0 Å². The van der Waals surface area contributed by atoms with E-state index in [2.05, 4.69) is 0 Å². The van der Waals surface area contributed by atoms with Gasteiger partial charge in [-0.05, 0) is 24.3 Å². The van der Waals surface area contributed by atoms with E-state index in [-0.39, 0.29) is 0 Å². The van der Waals surface area contributed by atoms with E-state index in [4.69, 9.17) is 69.6 Å². The summed E-state index contributed by atoms with van der Waals surface area (Å²) in [4.78, 5) is 0. The maximum atomic E-state index is 6.42. The molecule has 0 spiro atoms. The Morgan fingerprint density at radius 3 is 1.18 bits per heavy atom. The predicted molar refractivity (Wildman–Crippen MR) is 100 cm³/mol. The monoisotopic (exact) mass is 406 g/mol. The van der Waals surface area contributed by atoms with Crippen LogP contribution in [0.15, 0.2) is 24.3 Å². The van der Waals surface area contributed by atoms with Crippen molar-refractivity contribution < 1.29 is 0 Å². The molecule has 0 fully saturated rings. The number of halogens is 6. The second kappa shape index (κ2) is 5.08. The zero-order valence-corrected chi connectivity index (χ0v) is 15.1. The summed E-state index contributed by atoms with van der Waals surface area (Å²) < 4.78 is 0. The Morgan fingerprint density at radius 2 is 0.727 bits per heavy atom. The van der Waals surface area contributed by atoms with E-state index in [1.807, 2.05) is 0 Å². The molecular weight excluding hydrogens is 405 g/mol. The van der Waals surface area contributed by atoms with Crippen molar-refractivity contribution in [1.29, 1.82) is 0 Å². The van der Waals surface area contributed by atoms with Gasteiger partial charge in [0, 0.05) is 42.4 Å². The van der Waals surface area contributed by atoms with Crippen LogP contribution in [0.2, 0.25) is 30.1 Å². The van der Waals surface area contributed by atoms with E-state index in [0.29, 0.717) is 40.9 Å². The number of benzene rings is 4. The molecule has 0 heterocycles. The van der Waals surface area contributed by atoms with Gasteiger partial charge in [0.25, 0.3) is 0 Å². The third kappa shape index (κ3) is 1.92. The van der Waals surface area contributed by atoms with Crippen molar-refractivity contribution in [3.05, 3.63) is 54.4 Å². The van der Waals surface area contributed by atoms with Crippen molar-refractivity contribution in [1.82, 2.24) is 0 Å². The second-order valence-corrected chi connectivity index (χ2v) is 7.44. The van der Waals surface area contributed by atoms with E-state index in [0.717, 1.165) is 21.5 Å². The maximum Gasteiger partial charge on any atom is 0.0514 e. The van der Waals surface area contributed by atoms with Gasteiger partial charge in [-0.15, -0.1) is 0 Å². The highest BCUT2D eigenvalue weighted by Gasteiger charge is 2.21. The normalized spacial score (nSPS) is 12.1. The first kappa shape index (κ1) is 15.2. The van der Waals surface area contributed by atoms with Gasteiger partial charge >= 0.3 is 0 Å². The fourth-order valence-electron chi connectivity index (χ4n) is 2.94. The number of hydrogen-bond acceptors (Lipinski definition) is 0. The van der Waals surface area contributed by atoms with Crippen LogP contribution in [0.5, 0.6) is 0 Å². The first-order valence-corrected chi connectivity index (χ1v) is 8.46. The summed E-state index contributed by atoms with van der Waals surface area (Å²) in [5.41, 5.74) is 0. The summed E-state index contributed by atoms with van der Waals surface area (Å²) in [6.45, 7) is 0. The van der Waals surface area contributed by atoms with E-state index >= 15 is 0 Å². The van der Waals surface area contributed by atoms with E-state index < -0.39 is 0 Å². The zero-order chi connectivity index (χ0) is 15.8. The van der Waals surface area contributed by atoms with Gasteiger partial charge < -0.3 is 0 Å². The fourth-order valence-corrected chi connectivity index (χ4v) is 4.88. The highest BCUT2D eigenvalue weighted by molar-refractivity contribution is 6.54. The summed E-state index contributed by atoms with van der Waals surface area (Å²) in [7, 11) is 0. The lowest BCUT2D eigenvalue weighted by molar-refractivity contribution is 1.77. The Bertz CT molecular complexity index is 1000. The van der Waals surface area contributed by atoms with Crippen molar-refractivity contribution in [2.24, 2.45) is 0 Å². The second-order valence-electron chi connectivity index (χ2n) is 4.99. The molecule has 0 aromatic heterocycles. The first-order chi connectivity index (χ1) is 10.4. The van der Waals surface area contributed by atoms with Crippen molar-refractivity contribution in [3.63, 3.8) is 0 Å². The Morgan fingerprint density at radius 1 is 0.364 bits per heavy atom. The molecule has 0 N–H and O–H groups in total. The molecule has 0 saturated heterocycles. The van der Waals surface area contributed by atoms with Crippen LogP contribution in [-0.2, 0) is 0 Å². The van der Waals surface area contributed by atoms with Gasteiger partial charge in [0.2, 0.25) is 0 Å². The Balaban J connectivity index is 2.53. The van der Waals surface area contributed by atoms with Gasteiger partial charge in [0.15, 0.2) is 0 Å². The van der Waals surface area contributed by atoms with Crippen LogP contribution in [0.25, 0.3) is 32.3 Å². The van der Waals surface area contributed by atoms with Crippen LogP contribution < -0.4 is 0 Å². The molecule has 0 aliphatic carbocycles. The van der Waals surface area contributed by atoms with E-state index in [9.17, 15) is 0 Å². The molecule has 4 rings (SSSR count). The molecule has 0 aliphatic heterocycles. The smallest absolute Gasteiger partial charge is 0.0514 e. The Hall–Kier alpha value is -0.340. The molecule has 22 heavy (non-hydrogen) atoms. The fraction of sp³-hybridized carbons (Fsp3) is 0. The van der Waals surface area contributed by atoms with Gasteiger partial charge in [-0.1, -0.05) is 69.6 Å². The molecule has 0 aliphatic rings. The SMILES string of the molecule is Clc1cc(Cl)c2cc(Cl)c3c(Cl)cc(Cl)c4c(Cl)cc1c2c43. The Labute approximate surface area is 155 Å². The average molecular weight is 409 g/mol. The van der Waals surface area contributed by atoms with E-state index in [1.165, 1.54) is 0 Å². The topological polar surface area (TPSA) is 0 Å². The molecule has 0 radical (unpaired) electrons. The quantitative estimate of drug-likeness (QED) is 0.256. The van der Waals surface area contributed by atoms with Gasteiger partial charge in [0.1, 0.15) is 0 Å². The van der Waals surface area contributed by atoms with Crippen LogP contribution in [0.1, 0.15) is 0 Å². The van der Waals surface area contributed by atoms with Crippen molar-refractivity contribution >= 4 is 102 Å². The van der Waals surface area contributed by atoms with Gasteiger partial charge in [-0.2, -0.15) is 0 Å². The standard InChI is InChI=1S/C16H4Cl6/c17-7-3-8(18)6-2-10(20)15-12(22)4-11(21)14-9(19)1-5(7)13(6)16(14)15/h1-4H. The summed E-state index contributed by atoms with van der Waals surface area (Å²) in [5, 5.41) is 7.56. The summed E-state index contributed by atoms with van der Waals surface area (Å²) in [5.74, 6) is 0. The molecule has 0 amide bonds. The average Bonchev–Trinajstić information content (AvgIpc) is 2.42. The molecule has 4 aromatic carbocycles. The molecule has 0 bridgehead atoms. The number of hydrogen-bond donors (Lipinski definition) is 0. The molecular formula is C16H4Cl6. The van der Waals surface area contributed by atoms with Crippen molar-refractivity contribution in [3.8, 4) is 0 Å². The predicted octanol–water partition coefficient (Wildman–Crippen LogP) is 8.50. The highest BCUT2D eigenvalue weighted by Crippen LogP contribution is 2.49. The van der Waals surface area contributed by atoms with Crippen molar-refractivity contribution in [2.75, 3.05) is 0 Å². The lowest BCUT2D eigenvalue weighted by Gasteiger charge is -2.17. The molecule has 0 unspecified atom stereocenters. The molecule has 0 nitrogen and oxygen atoms in total. The minimum absolute atomic E-state index is 0.462. The molecule has 0 atom stereocenters. The van der Waals surface area contributed by atoms with Crippen LogP contribution in [0.3, 0.4) is 0 Å². The van der Waals surface area contributed by atoms with Gasteiger partial charge in [0.05, 0.1) is 20.1 Å². The van der Waals surface area contributed by atoms with Crippen LogP contribution >= 0.6 is 69.6 Å². The third-order valence-corrected chi connectivity index (χ3v) is 5.63. The molecule has 4 aromatic rings. The lowest BCUT2D eigenvalue weighted by atomic mass is 9.94.